The number of anilines is 3. The Kier molecular flexibility index (Phi) is 5.14. The van der Waals surface area contributed by atoms with E-state index < -0.39 is 10.0 Å². The smallest absolute Gasteiger partial charge is 0.238 e. The minimum atomic E-state index is -3.71. The first-order valence-electron chi connectivity index (χ1n) is 7.85. The van der Waals surface area contributed by atoms with Crippen molar-refractivity contribution in [3.63, 3.8) is 0 Å². The minimum Gasteiger partial charge on any atom is -0.368 e. The maximum Gasteiger partial charge on any atom is 0.238 e. The van der Waals surface area contributed by atoms with Crippen molar-refractivity contribution in [1.29, 1.82) is 0 Å². The van der Waals surface area contributed by atoms with Crippen LogP contribution in [0.25, 0.3) is 0 Å². The Bertz CT molecular complexity index is 970. The van der Waals surface area contributed by atoms with Gasteiger partial charge in [0, 0.05) is 42.9 Å². The zero-order valence-corrected chi connectivity index (χ0v) is 14.9. The van der Waals surface area contributed by atoms with E-state index in [-0.39, 0.29) is 4.90 Å². The third-order valence-electron chi connectivity index (χ3n) is 3.63. The Balaban J connectivity index is 1.66. The fraction of sp³-hybridized carbons (Fsp3) is 0.188. The highest BCUT2D eigenvalue weighted by molar-refractivity contribution is 7.89. The molecule has 2 heterocycles. The van der Waals surface area contributed by atoms with Gasteiger partial charge in [-0.05, 0) is 31.2 Å². The molecule has 0 fully saturated rings. The second-order valence-electron chi connectivity index (χ2n) is 5.65. The van der Waals surface area contributed by atoms with Gasteiger partial charge in [0.25, 0.3) is 0 Å². The topological polar surface area (TPSA) is 128 Å². The summed E-state index contributed by atoms with van der Waals surface area (Å²) in [4.78, 5) is 12.8. The molecule has 0 aliphatic rings. The largest absolute Gasteiger partial charge is 0.368 e. The third-order valence-corrected chi connectivity index (χ3v) is 4.56. The quantitative estimate of drug-likeness (QED) is 0.572. The molecule has 4 N–H and O–H groups in total. The van der Waals surface area contributed by atoms with E-state index in [9.17, 15) is 8.42 Å². The van der Waals surface area contributed by atoms with E-state index in [4.69, 9.17) is 5.14 Å². The summed E-state index contributed by atoms with van der Waals surface area (Å²) in [6.45, 7) is 3.38. The summed E-state index contributed by atoms with van der Waals surface area (Å²) >= 11 is 0. The number of primary sulfonamides is 1. The van der Waals surface area contributed by atoms with Crippen molar-refractivity contribution in [3.8, 4) is 0 Å². The monoisotopic (exact) mass is 373 g/mol. The molecule has 0 saturated heterocycles. The number of nitrogens with two attached hydrogens (primary N) is 1. The maximum atomic E-state index is 11.3. The molecule has 0 atom stereocenters. The number of nitrogens with one attached hydrogen (secondary N) is 2. The normalized spacial score (nSPS) is 11.3. The lowest BCUT2D eigenvalue weighted by Gasteiger charge is -2.11. The Labute approximate surface area is 151 Å². The van der Waals surface area contributed by atoms with Crippen LogP contribution in [-0.2, 0) is 16.6 Å². The second kappa shape index (κ2) is 7.50. The minimum absolute atomic E-state index is 0.0507. The van der Waals surface area contributed by atoms with Crippen molar-refractivity contribution in [3.05, 3.63) is 54.7 Å². The Morgan fingerprint density at radius 1 is 1.23 bits per heavy atom. The van der Waals surface area contributed by atoms with Crippen LogP contribution in [0.4, 0.5) is 17.5 Å². The molecule has 0 spiro atoms. The standard InChI is InChI=1S/C16H19N7O2S/c1-12-10-20-16(21-13-2-4-14(5-3-13)26(17,24)25)22-15(12)19-7-9-23-8-6-18-11-23/h2-6,8,10-11H,7,9H2,1H3,(H2,17,24,25)(H2,19,20,21,22). The first-order chi connectivity index (χ1) is 12.4. The van der Waals surface area contributed by atoms with Crippen LogP contribution in [0.5, 0.6) is 0 Å². The predicted octanol–water partition coefficient (Wildman–Crippen LogP) is 1.48. The van der Waals surface area contributed by atoms with E-state index in [1.54, 1.807) is 30.9 Å². The van der Waals surface area contributed by atoms with Crippen molar-refractivity contribution in [2.24, 2.45) is 5.14 Å². The van der Waals surface area contributed by atoms with Crippen LogP contribution in [0.15, 0.2) is 54.1 Å². The van der Waals surface area contributed by atoms with E-state index in [0.717, 1.165) is 17.9 Å². The first-order valence-corrected chi connectivity index (χ1v) is 9.39. The lowest BCUT2D eigenvalue weighted by molar-refractivity contribution is 0.598. The van der Waals surface area contributed by atoms with Gasteiger partial charge in [-0.25, -0.2) is 23.5 Å². The molecule has 0 unspecified atom stereocenters. The van der Waals surface area contributed by atoms with Gasteiger partial charge >= 0.3 is 0 Å². The summed E-state index contributed by atoms with van der Waals surface area (Å²) in [7, 11) is -3.71. The highest BCUT2D eigenvalue weighted by atomic mass is 32.2. The molecule has 26 heavy (non-hydrogen) atoms. The van der Waals surface area contributed by atoms with Crippen LogP contribution >= 0.6 is 0 Å². The highest BCUT2D eigenvalue weighted by Gasteiger charge is 2.08. The first kappa shape index (κ1) is 17.8. The summed E-state index contributed by atoms with van der Waals surface area (Å²) in [5.74, 6) is 1.13. The lowest BCUT2D eigenvalue weighted by Crippen LogP contribution is -2.12. The molecular formula is C16H19N7O2S. The lowest BCUT2D eigenvalue weighted by atomic mass is 10.3. The number of hydrogen-bond donors (Lipinski definition) is 3. The van der Waals surface area contributed by atoms with Crippen LogP contribution in [0.2, 0.25) is 0 Å². The fourth-order valence-corrected chi connectivity index (χ4v) is 2.78. The molecule has 0 bridgehead atoms. The van der Waals surface area contributed by atoms with Crippen LogP contribution in [0.1, 0.15) is 5.56 Å². The molecule has 0 aliphatic heterocycles. The molecule has 0 aliphatic carbocycles. The van der Waals surface area contributed by atoms with Gasteiger partial charge < -0.3 is 15.2 Å². The van der Waals surface area contributed by atoms with E-state index in [2.05, 4.69) is 25.6 Å². The zero-order chi connectivity index (χ0) is 18.6. The average Bonchev–Trinajstić information content (AvgIpc) is 3.11. The number of sulfonamides is 1. The van der Waals surface area contributed by atoms with Crippen LogP contribution in [0.3, 0.4) is 0 Å². The molecule has 2 aromatic heterocycles. The fourth-order valence-electron chi connectivity index (χ4n) is 2.26. The zero-order valence-electron chi connectivity index (χ0n) is 14.1. The third kappa shape index (κ3) is 4.55. The van der Waals surface area contributed by atoms with E-state index >= 15 is 0 Å². The number of rotatable bonds is 7. The van der Waals surface area contributed by atoms with Crippen molar-refractivity contribution < 1.29 is 8.42 Å². The van der Waals surface area contributed by atoms with Gasteiger partial charge in [-0.3, -0.25) is 0 Å². The molecular weight excluding hydrogens is 354 g/mol. The van der Waals surface area contributed by atoms with Gasteiger partial charge in [-0.2, -0.15) is 4.98 Å². The van der Waals surface area contributed by atoms with Gasteiger partial charge in [-0.15, -0.1) is 0 Å². The molecule has 136 valence electrons. The Morgan fingerprint density at radius 3 is 2.65 bits per heavy atom. The van der Waals surface area contributed by atoms with E-state index in [0.29, 0.717) is 18.2 Å². The Hall–Kier alpha value is -2.98. The molecule has 10 heteroatoms. The highest BCUT2D eigenvalue weighted by Crippen LogP contribution is 2.18. The van der Waals surface area contributed by atoms with Gasteiger partial charge in [0.05, 0.1) is 11.2 Å². The summed E-state index contributed by atoms with van der Waals surface area (Å²) in [5, 5.41) is 11.4. The predicted molar refractivity (Wildman–Crippen MR) is 98.6 cm³/mol. The van der Waals surface area contributed by atoms with Gasteiger partial charge in [-0.1, -0.05) is 0 Å². The van der Waals surface area contributed by atoms with Crippen molar-refractivity contribution in [2.75, 3.05) is 17.2 Å². The molecule has 0 radical (unpaired) electrons. The van der Waals surface area contributed by atoms with E-state index in [1.807, 2.05) is 17.7 Å². The molecule has 3 rings (SSSR count). The van der Waals surface area contributed by atoms with Crippen LogP contribution < -0.4 is 15.8 Å². The summed E-state index contributed by atoms with van der Waals surface area (Å²) in [5.41, 5.74) is 1.58. The number of benzene rings is 1. The maximum absolute atomic E-state index is 11.3. The summed E-state index contributed by atoms with van der Waals surface area (Å²) in [6, 6.07) is 6.07. The van der Waals surface area contributed by atoms with Crippen molar-refractivity contribution in [1.82, 2.24) is 19.5 Å². The number of aryl methyl sites for hydroxylation is 1. The summed E-state index contributed by atoms with van der Waals surface area (Å²) in [6.07, 6.45) is 7.10. The number of aromatic nitrogens is 4. The molecule has 0 amide bonds. The van der Waals surface area contributed by atoms with Crippen molar-refractivity contribution >= 4 is 27.5 Å². The molecule has 9 nitrogen and oxygen atoms in total. The summed E-state index contributed by atoms with van der Waals surface area (Å²) < 4.78 is 24.5. The van der Waals surface area contributed by atoms with E-state index in [1.165, 1.54) is 12.1 Å². The van der Waals surface area contributed by atoms with Crippen molar-refractivity contribution in [2.45, 2.75) is 18.4 Å². The Morgan fingerprint density at radius 2 is 2.00 bits per heavy atom. The van der Waals surface area contributed by atoms with Crippen LogP contribution in [0, 0.1) is 6.92 Å². The van der Waals surface area contributed by atoms with Gasteiger partial charge in [0.1, 0.15) is 5.82 Å². The van der Waals surface area contributed by atoms with Crippen LogP contribution in [-0.4, -0.2) is 34.5 Å². The second-order valence-corrected chi connectivity index (χ2v) is 7.21. The average molecular weight is 373 g/mol. The molecule has 1 aromatic carbocycles. The SMILES string of the molecule is Cc1cnc(Nc2ccc(S(N)(=O)=O)cc2)nc1NCCn1ccnc1. The number of hydrogen-bond acceptors (Lipinski definition) is 7. The van der Waals surface area contributed by atoms with Gasteiger partial charge in [0.2, 0.25) is 16.0 Å². The van der Waals surface area contributed by atoms with Gasteiger partial charge in [0.15, 0.2) is 0 Å². The number of nitrogens with zero attached hydrogens (tertiary/aromatic N) is 4. The molecule has 3 aromatic rings. The molecule has 0 saturated carbocycles. The number of imidazole rings is 1.